The molecule has 2 aromatic carbocycles. The van der Waals surface area contributed by atoms with E-state index in [0.717, 1.165) is 43.3 Å². The minimum Gasteiger partial charge on any atom is -0.497 e. The van der Waals surface area contributed by atoms with Gasteiger partial charge in [-0.25, -0.2) is 9.78 Å². The number of imidazole rings is 1. The van der Waals surface area contributed by atoms with Crippen molar-refractivity contribution in [2.24, 2.45) is 5.92 Å². The zero-order valence-electron chi connectivity index (χ0n) is 17.8. The summed E-state index contributed by atoms with van der Waals surface area (Å²) in [7, 11) is 1.59. The average Bonchev–Trinajstić information content (AvgIpc) is 3.34. The summed E-state index contributed by atoms with van der Waals surface area (Å²) in [5.74, 6) is 0.976. The summed E-state index contributed by atoms with van der Waals surface area (Å²) in [5.41, 5.74) is 2.53. The molecule has 0 radical (unpaired) electrons. The van der Waals surface area contributed by atoms with E-state index in [2.05, 4.69) is 15.6 Å². The third-order valence-corrected chi connectivity index (χ3v) is 6.84. The quantitative estimate of drug-likeness (QED) is 0.548. The van der Waals surface area contributed by atoms with Crippen LogP contribution in [0.5, 0.6) is 5.75 Å². The molecule has 2 fully saturated rings. The zero-order valence-corrected chi connectivity index (χ0v) is 18.5. The van der Waals surface area contributed by atoms with E-state index >= 15 is 0 Å². The highest BCUT2D eigenvalue weighted by Gasteiger charge is 2.48. The molecule has 1 aromatic heterocycles. The maximum atomic E-state index is 12.8. The molecule has 1 spiro atoms. The Morgan fingerprint density at radius 1 is 1.34 bits per heavy atom. The molecule has 0 N–H and O–H groups in total. The Morgan fingerprint density at radius 2 is 2.22 bits per heavy atom. The Morgan fingerprint density at radius 3 is 3.03 bits per heavy atom. The maximum absolute atomic E-state index is 12.8. The van der Waals surface area contributed by atoms with E-state index in [0.29, 0.717) is 34.5 Å². The number of nitrogens with zero attached hydrogens (tertiary/aromatic N) is 4. The van der Waals surface area contributed by atoms with Gasteiger partial charge in [0.05, 0.1) is 53.4 Å². The van der Waals surface area contributed by atoms with Crippen LogP contribution in [0.1, 0.15) is 31.2 Å². The fraction of sp³-hybridized carbons (Fsp3) is 0.375. The normalized spacial score (nSPS) is 22.8. The molecule has 164 valence electrons. The fourth-order valence-corrected chi connectivity index (χ4v) is 5.24. The average molecular weight is 451 g/mol. The van der Waals surface area contributed by atoms with Crippen molar-refractivity contribution < 1.29 is 14.3 Å². The number of amides is 1. The third kappa shape index (κ3) is 3.65. The minimum absolute atomic E-state index is 0.334. The van der Waals surface area contributed by atoms with Crippen LogP contribution in [0.3, 0.4) is 0 Å². The summed E-state index contributed by atoms with van der Waals surface area (Å²) in [5, 5.41) is 9.72. The molecule has 7 nitrogen and oxygen atoms in total. The van der Waals surface area contributed by atoms with Crippen LogP contribution < -0.4 is 9.64 Å². The third-order valence-electron chi connectivity index (χ3n) is 6.53. The van der Waals surface area contributed by atoms with Gasteiger partial charge in [-0.05, 0) is 61.9 Å². The zero-order chi connectivity index (χ0) is 22.3. The van der Waals surface area contributed by atoms with E-state index in [1.807, 2.05) is 18.5 Å². The van der Waals surface area contributed by atoms with Gasteiger partial charge in [-0.2, -0.15) is 5.26 Å². The predicted octanol–water partition coefficient (Wildman–Crippen LogP) is 5.16. The molecule has 0 bridgehead atoms. The molecule has 2 aliphatic rings. The Balaban J connectivity index is 1.36. The van der Waals surface area contributed by atoms with E-state index in [9.17, 15) is 10.1 Å². The number of carbonyl (C=O) groups excluding carboxylic acids is 1. The summed E-state index contributed by atoms with van der Waals surface area (Å²) in [6, 6.07) is 13.0. The molecule has 32 heavy (non-hydrogen) atoms. The number of benzene rings is 2. The highest BCUT2D eigenvalue weighted by molar-refractivity contribution is 6.33. The highest BCUT2D eigenvalue weighted by Crippen LogP contribution is 2.43. The number of halogens is 1. The first-order chi connectivity index (χ1) is 15.5. The van der Waals surface area contributed by atoms with Gasteiger partial charge in [0, 0.05) is 12.6 Å². The van der Waals surface area contributed by atoms with Crippen LogP contribution in [0.4, 0.5) is 10.5 Å². The van der Waals surface area contributed by atoms with Gasteiger partial charge in [-0.3, -0.25) is 4.90 Å². The largest absolute Gasteiger partial charge is 0.497 e. The first kappa shape index (κ1) is 20.7. The number of hydrogen-bond donors (Lipinski definition) is 0. The summed E-state index contributed by atoms with van der Waals surface area (Å²) < 4.78 is 13.4. The Bertz CT molecular complexity index is 1230. The summed E-state index contributed by atoms with van der Waals surface area (Å²) in [4.78, 5) is 18.9. The fourth-order valence-electron chi connectivity index (χ4n) is 5.02. The number of rotatable bonds is 4. The van der Waals surface area contributed by atoms with E-state index < -0.39 is 5.60 Å². The van der Waals surface area contributed by atoms with Gasteiger partial charge in [0.2, 0.25) is 0 Å². The predicted molar refractivity (Wildman–Crippen MR) is 121 cm³/mol. The lowest BCUT2D eigenvalue weighted by Crippen LogP contribution is -2.40. The monoisotopic (exact) mass is 450 g/mol. The topological polar surface area (TPSA) is 80.4 Å². The van der Waals surface area contributed by atoms with Gasteiger partial charge in [0.25, 0.3) is 0 Å². The van der Waals surface area contributed by atoms with Crippen molar-refractivity contribution >= 4 is 34.4 Å². The van der Waals surface area contributed by atoms with Gasteiger partial charge < -0.3 is 14.0 Å². The first-order valence-electron chi connectivity index (χ1n) is 10.7. The number of carbonyl (C=O) groups is 1. The Kier molecular flexibility index (Phi) is 5.18. The van der Waals surface area contributed by atoms with Crippen molar-refractivity contribution in [3.8, 4) is 11.8 Å². The molecule has 2 atom stereocenters. The highest BCUT2D eigenvalue weighted by atomic mass is 35.5. The van der Waals surface area contributed by atoms with Crippen molar-refractivity contribution in [3.63, 3.8) is 0 Å². The molecular formula is C24H23ClN4O3. The summed E-state index contributed by atoms with van der Waals surface area (Å²) in [6.07, 6.45) is 5.10. The van der Waals surface area contributed by atoms with Gasteiger partial charge in [-0.1, -0.05) is 11.6 Å². The summed E-state index contributed by atoms with van der Waals surface area (Å²) >= 11 is 6.39. The lowest BCUT2D eigenvalue weighted by Gasteiger charge is -2.36. The number of hydrogen-bond acceptors (Lipinski definition) is 5. The number of nitriles is 1. The van der Waals surface area contributed by atoms with Crippen LogP contribution >= 0.6 is 11.6 Å². The molecule has 2 heterocycles. The van der Waals surface area contributed by atoms with Crippen LogP contribution in [0.15, 0.2) is 42.7 Å². The molecule has 3 aromatic rings. The minimum atomic E-state index is -0.527. The number of aromatic nitrogens is 2. The number of anilines is 1. The second-order valence-corrected chi connectivity index (χ2v) is 9.04. The van der Waals surface area contributed by atoms with E-state index in [-0.39, 0.29) is 6.09 Å². The van der Waals surface area contributed by atoms with Crippen molar-refractivity contribution in [1.82, 2.24) is 9.55 Å². The summed E-state index contributed by atoms with van der Waals surface area (Å²) in [6.45, 7) is 1.24. The molecule has 1 saturated carbocycles. The van der Waals surface area contributed by atoms with Crippen molar-refractivity contribution in [1.29, 1.82) is 5.26 Å². The SMILES string of the molecule is COc1ccc(Cl)c(N2C[C@@]3(CCC[C@H](Cn4cnc5ccc(C#N)cc54)C3)OC2=O)c1. The van der Waals surface area contributed by atoms with Crippen molar-refractivity contribution in [3.05, 3.63) is 53.3 Å². The molecule has 8 heteroatoms. The van der Waals surface area contributed by atoms with E-state index in [4.69, 9.17) is 21.1 Å². The lowest BCUT2D eigenvalue weighted by molar-refractivity contribution is 0.00439. The van der Waals surface area contributed by atoms with Crippen molar-refractivity contribution in [2.45, 2.75) is 37.8 Å². The molecule has 5 rings (SSSR count). The lowest BCUT2D eigenvalue weighted by atomic mass is 9.78. The number of methoxy groups -OCH3 is 1. The Hall–Kier alpha value is -3.24. The number of ether oxygens (including phenoxy) is 2. The smallest absolute Gasteiger partial charge is 0.415 e. The first-order valence-corrected chi connectivity index (χ1v) is 11.1. The van der Waals surface area contributed by atoms with Crippen LogP contribution in [-0.2, 0) is 11.3 Å². The van der Waals surface area contributed by atoms with Gasteiger partial charge in [0.1, 0.15) is 11.4 Å². The molecule has 0 unspecified atom stereocenters. The maximum Gasteiger partial charge on any atom is 0.415 e. The Labute approximate surface area is 191 Å². The van der Waals surface area contributed by atoms with Gasteiger partial charge in [-0.15, -0.1) is 0 Å². The van der Waals surface area contributed by atoms with Crippen molar-refractivity contribution in [2.75, 3.05) is 18.6 Å². The molecule has 1 amide bonds. The van der Waals surface area contributed by atoms with Crippen LogP contribution in [0.2, 0.25) is 5.02 Å². The molecule has 1 saturated heterocycles. The van der Waals surface area contributed by atoms with Gasteiger partial charge >= 0.3 is 6.09 Å². The number of fused-ring (bicyclic) bond motifs is 1. The van der Waals surface area contributed by atoms with Crippen LogP contribution in [0, 0.1) is 17.2 Å². The molecular weight excluding hydrogens is 428 g/mol. The van der Waals surface area contributed by atoms with Crippen LogP contribution in [-0.4, -0.2) is 34.9 Å². The second-order valence-electron chi connectivity index (χ2n) is 8.63. The van der Waals surface area contributed by atoms with E-state index in [1.165, 1.54) is 0 Å². The molecule has 1 aliphatic heterocycles. The van der Waals surface area contributed by atoms with E-state index in [1.54, 1.807) is 36.3 Å². The molecule has 1 aliphatic carbocycles. The standard InChI is InChI=1S/C24H23ClN4O3/c1-31-18-5-6-19(25)21(10-18)29-14-24(32-23(29)30)8-2-3-17(11-24)13-28-15-27-20-7-4-16(12-26)9-22(20)28/h4-7,9-10,15,17H,2-3,8,11,13-14H2,1H3/t17-,24-/m0/s1. The van der Waals surface area contributed by atoms with Gasteiger partial charge in [0.15, 0.2) is 0 Å². The van der Waals surface area contributed by atoms with Crippen LogP contribution in [0.25, 0.3) is 11.0 Å². The second kappa shape index (κ2) is 8.03.